The zero-order valence-electron chi connectivity index (χ0n) is 12.6. The molecule has 4 nitrogen and oxygen atoms in total. The number of nitrogens with one attached hydrogen (secondary N) is 1. The van der Waals surface area contributed by atoms with Gasteiger partial charge in [-0.25, -0.2) is 0 Å². The van der Waals surface area contributed by atoms with Gasteiger partial charge in [0.25, 0.3) is 0 Å². The van der Waals surface area contributed by atoms with Crippen LogP contribution in [0.4, 0.5) is 0 Å². The average molecular weight is 287 g/mol. The van der Waals surface area contributed by atoms with Crippen molar-refractivity contribution in [1.82, 2.24) is 15.2 Å². The number of carbonyl (C=O) groups excluding carboxylic acids is 1. The molecule has 1 saturated carbocycles. The third kappa shape index (κ3) is 4.27. The first-order valence-electron chi connectivity index (χ1n) is 8.22. The van der Waals surface area contributed by atoms with E-state index in [1.807, 2.05) is 18.3 Å². The summed E-state index contributed by atoms with van der Waals surface area (Å²) >= 11 is 0. The molecule has 21 heavy (non-hydrogen) atoms. The summed E-state index contributed by atoms with van der Waals surface area (Å²) in [5.41, 5.74) is 1.15. The lowest BCUT2D eigenvalue weighted by molar-refractivity contribution is -0.132. The Hall–Kier alpha value is -1.42. The summed E-state index contributed by atoms with van der Waals surface area (Å²) in [6.45, 7) is 3.15. The van der Waals surface area contributed by atoms with Gasteiger partial charge < -0.3 is 10.2 Å². The van der Waals surface area contributed by atoms with E-state index in [0.717, 1.165) is 31.6 Å². The van der Waals surface area contributed by atoms with Crippen LogP contribution >= 0.6 is 0 Å². The van der Waals surface area contributed by atoms with Crippen molar-refractivity contribution in [3.8, 4) is 0 Å². The highest BCUT2D eigenvalue weighted by molar-refractivity contribution is 5.77. The SMILES string of the molecule is O=C(CCc1cccnc1)N(CC1CCCNC1)C1CC1. The first kappa shape index (κ1) is 14.5. The largest absolute Gasteiger partial charge is 0.339 e. The Morgan fingerprint density at radius 3 is 2.95 bits per heavy atom. The number of rotatable bonds is 6. The fraction of sp³-hybridized carbons (Fsp3) is 0.647. The van der Waals surface area contributed by atoms with Crippen molar-refractivity contribution in [3.05, 3.63) is 30.1 Å². The Morgan fingerprint density at radius 1 is 1.38 bits per heavy atom. The monoisotopic (exact) mass is 287 g/mol. The minimum Gasteiger partial charge on any atom is -0.339 e. The molecule has 1 aromatic rings. The van der Waals surface area contributed by atoms with E-state index in [0.29, 0.717) is 24.3 Å². The van der Waals surface area contributed by atoms with Crippen molar-refractivity contribution in [1.29, 1.82) is 0 Å². The maximum atomic E-state index is 12.6. The fourth-order valence-electron chi connectivity index (χ4n) is 3.14. The van der Waals surface area contributed by atoms with E-state index in [1.54, 1.807) is 6.20 Å². The van der Waals surface area contributed by atoms with E-state index in [9.17, 15) is 4.79 Å². The highest BCUT2D eigenvalue weighted by Gasteiger charge is 2.33. The second kappa shape index (κ2) is 7.03. The molecular weight excluding hydrogens is 262 g/mol. The lowest BCUT2D eigenvalue weighted by Gasteiger charge is -2.30. The number of nitrogens with zero attached hydrogens (tertiary/aromatic N) is 2. The van der Waals surface area contributed by atoms with Gasteiger partial charge in [0.1, 0.15) is 0 Å². The van der Waals surface area contributed by atoms with Crippen LogP contribution in [0.5, 0.6) is 0 Å². The third-order valence-corrected chi connectivity index (χ3v) is 4.51. The molecule has 0 radical (unpaired) electrons. The molecule has 0 aromatic carbocycles. The molecule has 3 rings (SSSR count). The molecule has 1 aromatic heterocycles. The van der Waals surface area contributed by atoms with Crippen molar-refractivity contribution in [3.63, 3.8) is 0 Å². The molecule has 1 N–H and O–H groups in total. The molecule has 1 aliphatic carbocycles. The smallest absolute Gasteiger partial charge is 0.223 e. The van der Waals surface area contributed by atoms with Crippen molar-refractivity contribution >= 4 is 5.91 Å². The number of hydrogen-bond donors (Lipinski definition) is 1. The van der Waals surface area contributed by atoms with Gasteiger partial charge in [0.15, 0.2) is 0 Å². The van der Waals surface area contributed by atoms with Gasteiger partial charge in [0, 0.05) is 31.4 Å². The summed E-state index contributed by atoms with van der Waals surface area (Å²) in [7, 11) is 0. The molecule has 1 atom stereocenters. The quantitative estimate of drug-likeness (QED) is 0.870. The van der Waals surface area contributed by atoms with Gasteiger partial charge in [-0.2, -0.15) is 0 Å². The Labute approximate surface area is 126 Å². The van der Waals surface area contributed by atoms with E-state index < -0.39 is 0 Å². The van der Waals surface area contributed by atoms with Crippen LogP contribution in [0.2, 0.25) is 0 Å². The molecule has 2 aliphatic rings. The lowest BCUT2D eigenvalue weighted by Crippen LogP contribution is -2.42. The molecule has 1 amide bonds. The minimum absolute atomic E-state index is 0.326. The van der Waals surface area contributed by atoms with Crippen molar-refractivity contribution < 1.29 is 4.79 Å². The summed E-state index contributed by atoms with van der Waals surface area (Å²) in [6, 6.07) is 4.51. The van der Waals surface area contributed by atoms with Crippen LogP contribution in [-0.2, 0) is 11.2 Å². The van der Waals surface area contributed by atoms with Gasteiger partial charge in [-0.15, -0.1) is 0 Å². The topological polar surface area (TPSA) is 45.2 Å². The van der Waals surface area contributed by atoms with Crippen LogP contribution < -0.4 is 5.32 Å². The fourth-order valence-corrected chi connectivity index (χ4v) is 3.14. The first-order valence-corrected chi connectivity index (χ1v) is 8.22. The van der Waals surface area contributed by atoms with Gasteiger partial charge >= 0.3 is 0 Å². The average Bonchev–Trinajstić information content (AvgIpc) is 3.37. The van der Waals surface area contributed by atoms with E-state index in [1.165, 1.54) is 25.7 Å². The second-order valence-corrected chi connectivity index (χ2v) is 6.35. The summed E-state index contributed by atoms with van der Waals surface area (Å²) in [4.78, 5) is 18.8. The number of piperidine rings is 1. The molecular formula is C17H25N3O. The van der Waals surface area contributed by atoms with Gasteiger partial charge in [0.05, 0.1) is 0 Å². The van der Waals surface area contributed by atoms with Crippen LogP contribution in [-0.4, -0.2) is 41.5 Å². The number of carbonyl (C=O) groups is 1. The maximum Gasteiger partial charge on any atom is 0.223 e. The molecule has 2 fully saturated rings. The van der Waals surface area contributed by atoms with E-state index in [2.05, 4.69) is 15.2 Å². The van der Waals surface area contributed by atoms with Gasteiger partial charge in [-0.05, 0) is 62.7 Å². The normalized spacial score (nSPS) is 22.0. The number of amides is 1. The van der Waals surface area contributed by atoms with Crippen LogP contribution in [0, 0.1) is 5.92 Å². The van der Waals surface area contributed by atoms with E-state index in [4.69, 9.17) is 0 Å². The number of pyridine rings is 1. The maximum absolute atomic E-state index is 12.6. The molecule has 1 unspecified atom stereocenters. The summed E-state index contributed by atoms with van der Waals surface area (Å²) in [5.74, 6) is 0.966. The summed E-state index contributed by atoms with van der Waals surface area (Å²) in [5, 5.41) is 3.45. The molecule has 2 heterocycles. The van der Waals surface area contributed by atoms with Gasteiger partial charge in [0.2, 0.25) is 5.91 Å². The Kier molecular flexibility index (Phi) is 4.86. The number of hydrogen-bond acceptors (Lipinski definition) is 3. The highest BCUT2D eigenvalue weighted by atomic mass is 16.2. The van der Waals surface area contributed by atoms with Crippen LogP contribution in [0.1, 0.15) is 37.7 Å². The highest BCUT2D eigenvalue weighted by Crippen LogP contribution is 2.29. The van der Waals surface area contributed by atoms with Crippen molar-refractivity contribution in [2.75, 3.05) is 19.6 Å². The van der Waals surface area contributed by atoms with Crippen LogP contribution in [0.15, 0.2) is 24.5 Å². The van der Waals surface area contributed by atoms with Crippen LogP contribution in [0.25, 0.3) is 0 Å². The molecule has 4 heteroatoms. The molecule has 1 saturated heterocycles. The lowest BCUT2D eigenvalue weighted by atomic mass is 9.98. The molecule has 1 aliphatic heterocycles. The van der Waals surface area contributed by atoms with E-state index in [-0.39, 0.29) is 0 Å². The van der Waals surface area contributed by atoms with Gasteiger partial charge in [-0.3, -0.25) is 9.78 Å². The minimum atomic E-state index is 0.326. The number of aryl methyl sites for hydroxylation is 1. The van der Waals surface area contributed by atoms with Crippen molar-refractivity contribution in [2.45, 2.75) is 44.6 Å². The van der Waals surface area contributed by atoms with Crippen molar-refractivity contribution in [2.24, 2.45) is 5.92 Å². The molecule has 114 valence electrons. The Balaban J connectivity index is 1.52. The number of aromatic nitrogens is 1. The predicted molar refractivity (Wildman–Crippen MR) is 82.9 cm³/mol. The molecule has 0 bridgehead atoms. The van der Waals surface area contributed by atoms with Gasteiger partial charge in [-0.1, -0.05) is 6.07 Å². The van der Waals surface area contributed by atoms with Crippen LogP contribution in [0.3, 0.4) is 0 Å². The Bertz CT molecular complexity index is 452. The zero-order valence-corrected chi connectivity index (χ0v) is 12.6. The second-order valence-electron chi connectivity index (χ2n) is 6.35. The third-order valence-electron chi connectivity index (χ3n) is 4.51. The first-order chi connectivity index (χ1) is 10.3. The summed E-state index contributed by atoms with van der Waals surface area (Å²) < 4.78 is 0. The summed E-state index contributed by atoms with van der Waals surface area (Å²) in [6.07, 6.45) is 9.94. The zero-order chi connectivity index (χ0) is 14.5. The van der Waals surface area contributed by atoms with E-state index >= 15 is 0 Å². The Morgan fingerprint density at radius 2 is 2.29 bits per heavy atom. The molecule has 0 spiro atoms. The predicted octanol–water partition coefficient (Wildman–Crippen LogP) is 2.00. The standard InChI is InChI=1S/C17H25N3O/c21-17(8-5-14-3-1-9-18-11-14)20(16-6-7-16)13-15-4-2-10-19-12-15/h1,3,9,11,15-16,19H,2,4-8,10,12-13H2.